The molecule has 0 aliphatic carbocycles. The molecule has 0 bridgehead atoms. The first-order chi connectivity index (χ1) is 14.9. The third kappa shape index (κ3) is 4.53. The maximum atomic E-state index is 14.5. The van der Waals surface area contributed by atoms with Crippen molar-refractivity contribution in [2.75, 3.05) is 18.9 Å². The Kier molecular flexibility index (Phi) is 6.14. The molecule has 1 atom stereocenters. The Hall–Kier alpha value is -3.58. The van der Waals surface area contributed by atoms with Gasteiger partial charge in [-0.25, -0.2) is 23.1 Å². The average molecular weight is 460 g/mol. The molecule has 0 spiro atoms. The van der Waals surface area contributed by atoms with E-state index in [1.165, 1.54) is 0 Å². The SMILES string of the molecule is C[C@]1(c2nc(CC(=O)c3ncc(OCC(F)F)nc3N)ccc2F)N=C(N)OCC1(F)F. The van der Waals surface area contributed by atoms with E-state index in [0.717, 1.165) is 25.3 Å². The number of halogens is 5. The van der Waals surface area contributed by atoms with Crippen LogP contribution >= 0.6 is 0 Å². The van der Waals surface area contributed by atoms with Gasteiger partial charge in [-0.1, -0.05) is 0 Å². The number of pyridine rings is 1. The summed E-state index contributed by atoms with van der Waals surface area (Å²) in [5.41, 5.74) is 7.42. The first-order valence-electron chi connectivity index (χ1n) is 9.01. The number of anilines is 1. The van der Waals surface area contributed by atoms with Crippen LogP contribution in [0.2, 0.25) is 0 Å². The van der Waals surface area contributed by atoms with Gasteiger partial charge < -0.3 is 20.9 Å². The van der Waals surface area contributed by atoms with E-state index >= 15 is 0 Å². The quantitative estimate of drug-likeness (QED) is 0.472. The Bertz CT molecular complexity index is 1070. The minimum absolute atomic E-state index is 0.0806. The third-order valence-corrected chi connectivity index (χ3v) is 4.55. The van der Waals surface area contributed by atoms with Gasteiger partial charge in [-0.15, -0.1) is 0 Å². The molecule has 2 aromatic rings. The maximum Gasteiger partial charge on any atom is 0.311 e. The van der Waals surface area contributed by atoms with Crippen molar-refractivity contribution in [2.45, 2.75) is 31.2 Å². The molecule has 9 nitrogen and oxygen atoms in total. The van der Waals surface area contributed by atoms with Crippen molar-refractivity contribution in [3.05, 3.63) is 41.2 Å². The van der Waals surface area contributed by atoms with Crippen LogP contribution in [0.1, 0.15) is 28.8 Å². The van der Waals surface area contributed by atoms with Crippen LogP contribution in [0.25, 0.3) is 0 Å². The van der Waals surface area contributed by atoms with Crippen molar-refractivity contribution in [3.63, 3.8) is 0 Å². The molecule has 4 N–H and O–H groups in total. The Morgan fingerprint density at radius 2 is 2.00 bits per heavy atom. The number of rotatable bonds is 7. The number of alkyl halides is 4. The van der Waals surface area contributed by atoms with Gasteiger partial charge >= 0.3 is 5.92 Å². The number of ether oxygens (including phenoxy) is 2. The van der Waals surface area contributed by atoms with Crippen LogP contribution in [-0.2, 0) is 16.7 Å². The fraction of sp³-hybridized carbons (Fsp3) is 0.389. The maximum absolute atomic E-state index is 14.5. The lowest BCUT2D eigenvalue weighted by Gasteiger charge is -2.36. The van der Waals surface area contributed by atoms with Crippen molar-refractivity contribution in [3.8, 4) is 5.88 Å². The lowest BCUT2D eigenvalue weighted by Crippen LogP contribution is -2.51. The van der Waals surface area contributed by atoms with E-state index in [9.17, 15) is 26.7 Å². The number of nitrogens with two attached hydrogens (primary N) is 2. The zero-order chi connectivity index (χ0) is 23.7. The van der Waals surface area contributed by atoms with Crippen molar-refractivity contribution >= 4 is 17.6 Å². The molecule has 0 radical (unpaired) electrons. The monoisotopic (exact) mass is 460 g/mol. The number of nitrogen functional groups attached to an aromatic ring is 1. The molecule has 1 aliphatic heterocycles. The number of nitrogens with zero attached hydrogens (tertiary/aromatic N) is 4. The molecule has 14 heteroatoms. The van der Waals surface area contributed by atoms with Crippen LogP contribution < -0.4 is 16.2 Å². The fourth-order valence-electron chi connectivity index (χ4n) is 2.86. The highest BCUT2D eigenvalue weighted by Gasteiger charge is 2.57. The lowest BCUT2D eigenvalue weighted by molar-refractivity contribution is -0.118. The van der Waals surface area contributed by atoms with Crippen molar-refractivity contribution in [2.24, 2.45) is 10.7 Å². The van der Waals surface area contributed by atoms with Gasteiger partial charge in [0.2, 0.25) is 5.88 Å². The zero-order valence-corrected chi connectivity index (χ0v) is 16.5. The number of aliphatic imine (C=N–C) groups is 1. The highest BCUT2D eigenvalue weighted by Crippen LogP contribution is 2.43. The summed E-state index contributed by atoms with van der Waals surface area (Å²) in [6.07, 6.45) is -2.32. The lowest BCUT2D eigenvalue weighted by atomic mass is 9.88. The largest absolute Gasteiger partial charge is 0.470 e. The van der Waals surface area contributed by atoms with Gasteiger partial charge in [0.25, 0.3) is 12.4 Å². The van der Waals surface area contributed by atoms with Crippen LogP contribution in [0.3, 0.4) is 0 Å². The summed E-state index contributed by atoms with van der Waals surface area (Å²) in [5, 5.41) is 0. The van der Waals surface area contributed by atoms with E-state index in [2.05, 4.69) is 29.4 Å². The highest BCUT2D eigenvalue weighted by molar-refractivity contribution is 5.99. The molecule has 0 aromatic carbocycles. The molecular formula is C18H17F5N6O3. The average Bonchev–Trinajstić information content (AvgIpc) is 2.71. The van der Waals surface area contributed by atoms with Crippen LogP contribution in [0.5, 0.6) is 5.88 Å². The topological polar surface area (TPSA) is 139 Å². The van der Waals surface area contributed by atoms with Gasteiger partial charge in [-0.2, -0.15) is 13.8 Å². The Morgan fingerprint density at radius 1 is 1.28 bits per heavy atom. The number of hydrogen-bond donors (Lipinski definition) is 2. The highest BCUT2D eigenvalue weighted by atomic mass is 19.3. The van der Waals surface area contributed by atoms with E-state index in [1.54, 1.807) is 0 Å². The number of carbonyl (C=O) groups is 1. The predicted octanol–water partition coefficient (Wildman–Crippen LogP) is 1.86. The van der Waals surface area contributed by atoms with Crippen molar-refractivity contribution < 1.29 is 36.2 Å². The van der Waals surface area contributed by atoms with Crippen LogP contribution in [0.4, 0.5) is 27.8 Å². The zero-order valence-electron chi connectivity index (χ0n) is 16.5. The first kappa shape index (κ1) is 23.1. The Balaban J connectivity index is 1.87. The number of ketones is 1. The van der Waals surface area contributed by atoms with Crippen LogP contribution in [0.15, 0.2) is 23.3 Å². The number of carbonyl (C=O) groups excluding carboxylic acids is 1. The van der Waals surface area contributed by atoms with Crippen LogP contribution in [-0.4, -0.2) is 52.3 Å². The summed E-state index contributed by atoms with van der Waals surface area (Å²) >= 11 is 0. The second-order valence-corrected chi connectivity index (χ2v) is 6.89. The van der Waals surface area contributed by atoms with Gasteiger partial charge in [0, 0.05) is 5.69 Å². The van der Waals surface area contributed by atoms with E-state index < -0.39 is 66.7 Å². The molecule has 0 saturated carbocycles. The summed E-state index contributed by atoms with van der Waals surface area (Å²) in [6.45, 7) is -1.12. The minimum Gasteiger partial charge on any atom is -0.470 e. The molecular weight excluding hydrogens is 443 g/mol. The second-order valence-electron chi connectivity index (χ2n) is 6.89. The van der Waals surface area contributed by atoms with Gasteiger partial charge in [0.15, 0.2) is 30.4 Å². The molecule has 3 heterocycles. The normalized spacial score (nSPS) is 19.9. The van der Waals surface area contributed by atoms with E-state index in [1.807, 2.05) is 0 Å². The first-order valence-corrected chi connectivity index (χ1v) is 9.01. The van der Waals surface area contributed by atoms with Crippen molar-refractivity contribution in [1.29, 1.82) is 0 Å². The third-order valence-electron chi connectivity index (χ3n) is 4.55. The second kappa shape index (κ2) is 8.51. The summed E-state index contributed by atoms with van der Waals surface area (Å²) < 4.78 is 77.0. The van der Waals surface area contributed by atoms with E-state index in [-0.39, 0.29) is 17.3 Å². The molecule has 1 aliphatic rings. The summed E-state index contributed by atoms with van der Waals surface area (Å²) in [7, 11) is 0. The molecule has 2 aromatic heterocycles. The molecule has 0 saturated heterocycles. The molecule has 172 valence electrons. The molecule has 3 rings (SSSR count). The summed E-state index contributed by atoms with van der Waals surface area (Å²) in [4.78, 5) is 27.4. The van der Waals surface area contributed by atoms with Crippen molar-refractivity contribution in [1.82, 2.24) is 15.0 Å². The molecule has 0 fully saturated rings. The summed E-state index contributed by atoms with van der Waals surface area (Å²) in [5.74, 6) is -6.17. The minimum atomic E-state index is -3.64. The van der Waals surface area contributed by atoms with Gasteiger partial charge in [0.1, 0.15) is 17.2 Å². The van der Waals surface area contributed by atoms with E-state index in [0.29, 0.717) is 0 Å². The number of hydrogen-bond acceptors (Lipinski definition) is 9. The standard InChI is InChI=1S/C18H17F5N6O3/c1-17(18(22,23)7-32-16(25)29-17)14-9(19)3-2-8(27-14)4-10(30)13-15(24)28-12(5-26-13)31-6-11(20)21/h2-3,5,11H,4,6-7H2,1H3,(H2,24,28)(H2,25,29)/t17-/m1/s1. The smallest absolute Gasteiger partial charge is 0.311 e. The number of aromatic nitrogens is 3. The summed E-state index contributed by atoms with van der Waals surface area (Å²) in [6, 6.07) is 1.43. The number of amidine groups is 1. The van der Waals surface area contributed by atoms with Gasteiger partial charge in [-0.3, -0.25) is 9.78 Å². The fourth-order valence-corrected chi connectivity index (χ4v) is 2.86. The number of Topliss-reactive ketones (excluding diaryl/α,β-unsaturated/α-hetero) is 1. The molecule has 0 amide bonds. The van der Waals surface area contributed by atoms with Gasteiger partial charge in [-0.05, 0) is 19.1 Å². The van der Waals surface area contributed by atoms with Gasteiger partial charge in [0.05, 0.1) is 12.6 Å². The predicted molar refractivity (Wildman–Crippen MR) is 100 cm³/mol. The van der Waals surface area contributed by atoms with E-state index in [4.69, 9.17) is 11.5 Å². The Morgan fingerprint density at radius 3 is 2.66 bits per heavy atom. The molecule has 32 heavy (non-hydrogen) atoms. The Labute approximate surface area is 177 Å². The molecule has 0 unspecified atom stereocenters. The van der Waals surface area contributed by atoms with Crippen LogP contribution in [0, 0.1) is 5.82 Å².